The van der Waals surface area contributed by atoms with Crippen molar-refractivity contribution < 1.29 is 15.0 Å². The number of hydrogen-bond donors (Lipinski definition) is 2. The Morgan fingerprint density at radius 3 is 2.30 bits per heavy atom. The van der Waals surface area contributed by atoms with Gasteiger partial charge in [-0.1, -0.05) is 13.8 Å². The fourth-order valence-electron chi connectivity index (χ4n) is 0.598. The summed E-state index contributed by atoms with van der Waals surface area (Å²) < 4.78 is 0. The number of carboxylic acids is 1. The van der Waals surface area contributed by atoms with E-state index in [0.717, 1.165) is 0 Å². The first kappa shape index (κ1) is 9.39. The highest BCUT2D eigenvalue weighted by Gasteiger charge is 2.07. The Hall–Kier alpha value is -0.610. The Kier molecular flexibility index (Phi) is 3.99. The average Bonchev–Trinajstić information content (AvgIpc) is 1.81. The van der Waals surface area contributed by atoms with Crippen molar-refractivity contribution in [2.45, 2.75) is 25.9 Å². The van der Waals surface area contributed by atoms with E-state index in [9.17, 15) is 9.90 Å². The van der Waals surface area contributed by atoms with Gasteiger partial charge in [-0.25, -0.2) is 0 Å². The van der Waals surface area contributed by atoms with Crippen LogP contribution in [0.5, 0.6) is 0 Å². The minimum atomic E-state index is -1.27. The van der Waals surface area contributed by atoms with Gasteiger partial charge in [0, 0.05) is 6.04 Å². The maximum absolute atomic E-state index is 10.1. The SMILES string of the molecule is CC(C)NC(CO)C(=O)[O-]. The van der Waals surface area contributed by atoms with Gasteiger partial charge in [-0.05, 0) is 0 Å². The topological polar surface area (TPSA) is 72.4 Å². The molecule has 10 heavy (non-hydrogen) atoms. The van der Waals surface area contributed by atoms with Crippen LogP contribution in [0.25, 0.3) is 0 Å². The molecule has 0 fully saturated rings. The Labute approximate surface area is 59.9 Å². The van der Waals surface area contributed by atoms with Crippen molar-refractivity contribution in [2.75, 3.05) is 6.61 Å². The molecule has 1 unspecified atom stereocenters. The first-order valence-electron chi connectivity index (χ1n) is 3.15. The Bertz CT molecular complexity index is 114. The van der Waals surface area contributed by atoms with Gasteiger partial charge in [0.15, 0.2) is 0 Å². The van der Waals surface area contributed by atoms with Crippen molar-refractivity contribution in [3.05, 3.63) is 0 Å². The van der Waals surface area contributed by atoms with Crippen molar-refractivity contribution in [1.29, 1.82) is 0 Å². The fourth-order valence-corrected chi connectivity index (χ4v) is 0.598. The van der Waals surface area contributed by atoms with Crippen LogP contribution in [0.3, 0.4) is 0 Å². The summed E-state index contributed by atoms with van der Waals surface area (Å²) in [5.41, 5.74) is 0. The van der Waals surface area contributed by atoms with E-state index in [1.807, 2.05) is 0 Å². The van der Waals surface area contributed by atoms with Crippen LogP contribution in [0, 0.1) is 0 Å². The zero-order valence-corrected chi connectivity index (χ0v) is 6.13. The van der Waals surface area contributed by atoms with Crippen molar-refractivity contribution in [2.24, 2.45) is 0 Å². The molecule has 0 heterocycles. The Balaban J connectivity index is 3.72. The predicted molar refractivity (Wildman–Crippen MR) is 34.2 cm³/mol. The summed E-state index contributed by atoms with van der Waals surface area (Å²) in [5, 5.41) is 21.2. The summed E-state index contributed by atoms with van der Waals surface area (Å²) in [6.45, 7) is 3.16. The first-order valence-corrected chi connectivity index (χ1v) is 3.15. The number of aliphatic hydroxyl groups is 1. The van der Waals surface area contributed by atoms with Crippen molar-refractivity contribution in [3.63, 3.8) is 0 Å². The van der Waals surface area contributed by atoms with Gasteiger partial charge in [0.05, 0.1) is 18.6 Å². The van der Waals surface area contributed by atoms with Crippen molar-refractivity contribution in [3.8, 4) is 0 Å². The van der Waals surface area contributed by atoms with Crippen molar-refractivity contribution in [1.82, 2.24) is 5.32 Å². The number of hydrogen-bond acceptors (Lipinski definition) is 4. The molecule has 0 spiro atoms. The normalized spacial score (nSPS) is 13.6. The summed E-state index contributed by atoms with van der Waals surface area (Å²) >= 11 is 0. The summed E-state index contributed by atoms with van der Waals surface area (Å²) in [4.78, 5) is 10.1. The summed E-state index contributed by atoms with van der Waals surface area (Å²) in [6.07, 6.45) is 0. The molecule has 2 N–H and O–H groups in total. The van der Waals surface area contributed by atoms with Crippen LogP contribution < -0.4 is 10.4 Å². The number of carboxylic acid groups (broad SMARTS) is 1. The summed E-state index contributed by atoms with van der Waals surface area (Å²) in [7, 11) is 0. The first-order chi connectivity index (χ1) is 4.57. The van der Waals surface area contributed by atoms with E-state index < -0.39 is 18.6 Å². The molecular formula is C6H12NO3-. The third-order valence-corrected chi connectivity index (χ3v) is 1.00. The van der Waals surface area contributed by atoms with Crippen LogP contribution in [-0.2, 0) is 4.79 Å². The van der Waals surface area contributed by atoms with Crippen LogP contribution >= 0.6 is 0 Å². The molecule has 4 nitrogen and oxygen atoms in total. The molecule has 0 aromatic heterocycles. The molecule has 0 aliphatic carbocycles. The van der Waals surface area contributed by atoms with Gasteiger partial charge >= 0.3 is 0 Å². The zero-order chi connectivity index (χ0) is 8.15. The summed E-state index contributed by atoms with van der Waals surface area (Å²) in [5.74, 6) is -1.27. The number of carbonyl (C=O) groups excluding carboxylic acids is 1. The molecule has 0 amide bonds. The molecule has 0 aliphatic heterocycles. The third kappa shape index (κ3) is 3.42. The van der Waals surface area contributed by atoms with Gasteiger partial charge in [0.25, 0.3) is 0 Å². The van der Waals surface area contributed by atoms with Gasteiger partial charge in [0.1, 0.15) is 0 Å². The number of carbonyl (C=O) groups is 1. The molecule has 1 atom stereocenters. The standard InChI is InChI=1S/C6H13NO3/c1-4(2)7-5(3-8)6(9)10/h4-5,7-8H,3H2,1-2H3,(H,9,10)/p-1. The maximum Gasteiger partial charge on any atom is 0.0704 e. The van der Waals surface area contributed by atoms with Crippen molar-refractivity contribution >= 4 is 5.97 Å². The van der Waals surface area contributed by atoms with Crippen LogP contribution in [0.15, 0.2) is 0 Å². The quantitative estimate of drug-likeness (QED) is 0.485. The molecule has 0 saturated carbocycles. The molecule has 4 heteroatoms. The lowest BCUT2D eigenvalue weighted by atomic mass is 10.3. The fraction of sp³-hybridized carbons (Fsp3) is 0.833. The van der Waals surface area contributed by atoms with E-state index in [1.54, 1.807) is 13.8 Å². The van der Waals surface area contributed by atoms with E-state index in [1.165, 1.54) is 0 Å². The number of rotatable bonds is 4. The van der Waals surface area contributed by atoms with Gasteiger partial charge in [-0.2, -0.15) is 0 Å². The average molecular weight is 146 g/mol. The highest BCUT2D eigenvalue weighted by atomic mass is 16.4. The molecule has 0 rings (SSSR count). The second-order valence-electron chi connectivity index (χ2n) is 2.38. The van der Waals surface area contributed by atoms with E-state index in [2.05, 4.69) is 5.32 Å². The predicted octanol–water partition coefficient (Wildman–Crippen LogP) is -1.90. The molecule has 0 aromatic carbocycles. The van der Waals surface area contributed by atoms with Crippen LogP contribution in [0.2, 0.25) is 0 Å². The van der Waals surface area contributed by atoms with E-state index in [0.29, 0.717) is 0 Å². The molecule has 0 aliphatic rings. The van der Waals surface area contributed by atoms with Gasteiger partial charge in [-0.3, -0.25) is 0 Å². The van der Waals surface area contributed by atoms with Gasteiger partial charge < -0.3 is 20.3 Å². The number of nitrogens with one attached hydrogen (secondary N) is 1. The van der Waals surface area contributed by atoms with Gasteiger partial charge in [0.2, 0.25) is 0 Å². The lowest BCUT2D eigenvalue weighted by molar-refractivity contribution is -0.309. The molecular weight excluding hydrogens is 134 g/mol. The van der Waals surface area contributed by atoms with E-state index >= 15 is 0 Å². The largest absolute Gasteiger partial charge is 0.548 e. The Morgan fingerprint density at radius 2 is 2.20 bits per heavy atom. The lowest BCUT2D eigenvalue weighted by Gasteiger charge is -2.19. The second-order valence-corrected chi connectivity index (χ2v) is 2.38. The summed E-state index contributed by atoms with van der Waals surface area (Å²) in [6, 6.07) is -0.907. The molecule has 0 aromatic rings. The molecule has 60 valence electrons. The monoisotopic (exact) mass is 146 g/mol. The van der Waals surface area contributed by atoms with Crippen LogP contribution in [0.4, 0.5) is 0 Å². The maximum atomic E-state index is 10.1. The molecule has 0 radical (unpaired) electrons. The second kappa shape index (κ2) is 4.24. The van der Waals surface area contributed by atoms with Crippen LogP contribution in [0.1, 0.15) is 13.8 Å². The third-order valence-electron chi connectivity index (χ3n) is 1.00. The highest BCUT2D eigenvalue weighted by molar-refractivity contribution is 5.71. The minimum Gasteiger partial charge on any atom is -0.548 e. The minimum absolute atomic E-state index is 0.0371. The molecule has 0 bridgehead atoms. The molecule has 0 saturated heterocycles. The highest BCUT2D eigenvalue weighted by Crippen LogP contribution is 1.83. The lowest BCUT2D eigenvalue weighted by Crippen LogP contribution is -2.50. The zero-order valence-electron chi connectivity index (χ0n) is 6.13. The number of aliphatic hydroxyl groups excluding tert-OH is 1. The van der Waals surface area contributed by atoms with E-state index in [-0.39, 0.29) is 6.04 Å². The van der Waals surface area contributed by atoms with Crippen LogP contribution in [-0.4, -0.2) is 29.8 Å². The van der Waals surface area contributed by atoms with Gasteiger partial charge in [-0.15, -0.1) is 0 Å². The Morgan fingerprint density at radius 1 is 1.70 bits per heavy atom. The number of aliphatic carboxylic acids is 1. The van der Waals surface area contributed by atoms with E-state index in [4.69, 9.17) is 5.11 Å². The smallest absolute Gasteiger partial charge is 0.0704 e.